The van der Waals surface area contributed by atoms with Crippen molar-refractivity contribution >= 4 is 17.8 Å². The summed E-state index contributed by atoms with van der Waals surface area (Å²) in [5.74, 6) is -1.49. The van der Waals surface area contributed by atoms with E-state index < -0.39 is 11.8 Å². The number of ether oxygens (including phenoxy) is 1. The maximum atomic E-state index is 11.6. The molecule has 0 heterocycles. The van der Waals surface area contributed by atoms with Crippen LogP contribution < -0.4 is 0 Å². The molecule has 0 aromatic heterocycles. The van der Waals surface area contributed by atoms with E-state index in [2.05, 4.69) is 14.8 Å². The van der Waals surface area contributed by atoms with Crippen molar-refractivity contribution < 1.29 is 14.3 Å². The smallest absolute Gasteiger partial charge is 0.379 e. The lowest BCUT2D eigenvalue weighted by Gasteiger charge is -2.01. The Hall–Kier alpha value is -2.59. The summed E-state index contributed by atoms with van der Waals surface area (Å²) in [5, 5.41) is 3.41. The number of Topliss-reactive ketones (excluding diaryl/α,β-unsaturated/α-hetero) is 1. The van der Waals surface area contributed by atoms with Gasteiger partial charge in [-0.15, -0.1) is 0 Å². The lowest BCUT2D eigenvalue weighted by molar-refractivity contribution is -0.137. The maximum absolute atomic E-state index is 11.6. The molecular weight excluding hydrogens is 258 g/mol. The Labute approximate surface area is 116 Å². The monoisotopic (exact) mass is 273 g/mol. The minimum atomic E-state index is -0.842. The zero-order valence-corrected chi connectivity index (χ0v) is 11.2. The van der Waals surface area contributed by atoms with Gasteiger partial charge in [-0.2, -0.15) is 0 Å². The van der Waals surface area contributed by atoms with Gasteiger partial charge in [0, 0.05) is 17.0 Å². The molecule has 0 bridgehead atoms. The first kappa shape index (κ1) is 15.5. The molecule has 0 unspecified atom stereocenters. The van der Waals surface area contributed by atoms with E-state index in [1.165, 1.54) is 0 Å². The number of carbonyl (C=O) groups is 2. The lowest BCUT2D eigenvalue weighted by Crippen LogP contribution is -2.17. The van der Waals surface area contributed by atoms with Crippen LogP contribution in [-0.2, 0) is 9.53 Å². The Morgan fingerprint density at radius 1 is 1.35 bits per heavy atom. The largest absolute Gasteiger partial charge is 0.460 e. The SMILES string of the molecule is CCOC(=O)C(=O)c1ccc(C=CCCN=[N+]=[N-])cc1. The highest BCUT2D eigenvalue weighted by Gasteiger charge is 2.16. The predicted octanol–water partition coefficient (Wildman–Crippen LogP) is 3.15. The summed E-state index contributed by atoms with van der Waals surface area (Å²) in [5.41, 5.74) is 9.31. The fourth-order valence-corrected chi connectivity index (χ4v) is 1.46. The fourth-order valence-electron chi connectivity index (χ4n) is 1.46. The Balaban J connectivity index is 2.62. The van der Waals surface area contributed by atoms with E-state index in [1.54, 1.807) is 31.2 Å². The van der Waals surface area contributed by atoms with Crippen LogP contribution in [0.3, 0.4) is 0 Å². The molecule has 0 aliphatic heterocycles. The van der Waals surface area contributed by atoms with E-state index in [9.17, 15) is 9.59 Å². The Morgan fingerprint density at radius 3 is 2.65 bits per heavy atom. The molecule has 0 aliphatic carbocycles. The normalized spacial score (nSPS) is 10.1. The van der Waals surface area contributed by atoms with Crippen LogP contribution in [0.2, 0.25) is 0 Å². The molecule has 0 atom stereocenters. The van der Waals surface area contributed by atoms with Crippen LogP contribution in [0.1, 0.15) is 29.3 Å². The zero-order valence-electron chi connectivity index (χ0n) is 11.2. The molecule has 0 radical (unpaired) electrons. The van der Waals surface area contributed by atoms with Crippen LogP contribution in [0.25, 0.3) is 16.5 Å². The van der Waals surface area contributed by atoms with Gasteiger partial charge in [-0.25, -0.2) is 4.79 Å². The summed E-state index contributed by atoms with van der Waals surface area (Å²) in [6, 6.07) is 6.62. The van der Waals surface area contributed by atoms with Crippen molar-refractivity contribution in [2.24, 2.45) is 5.11 Å². The van der Waals surface area contributed by atoms with Gasteiger partial charge in [-0.3, -0.25) is 4.79 Å². The highest BCUT2D eigenvalue weighted by Crippen LogP contribution is 2.08. The van der Waals surface area contributed by atoms with Crippen LogP contribution in [0.5, 0.6) is 0 Å². The minimum Gasteiger partial charge on any atom is -0.460 e. The molecular formula is C14H15N3O3. The average Bonchev–Trinajstić information content (AvgIpc) is 2.47. The molecule has 0 saturated heterocycles. The van der Waals surface area contributed by atoms with E-state index in [-0.39, 0.29) is 6.61 Å². The molecule has 0 fully saturated rings. The molecule has 0 saturated carbocycles. The molecule has 0 spiro atoms. The Kier molecular flexibility index (Phi) is 6.57. The number of azide groups is 1. The fraction of sp³-hybridized carbons (Fsp3) is 0.286. The second-order valence-electron chi connectivity index (χ2n) is 3.82. The summed E-state index contributed by atoms with van der Waals surface area (Å²) in [6.45, 7) is 2.23. The topological polar surface area (TPSA) is 92.1 Å². The number of rotatable bonds is 7. The predicted molar refractivity (Wildman–Crippen MR) is 75.1 cm³/mol. The second kappa shape index (κ2) is 8.50. The maximum Gasteiger partial charge on any atom is 0.379 e. The molecule has 1 rings (SSSR count). The molecule has 1 aromatic carbocycles. The third-order valence-corrected chi connectivity index (χ3v) is 2.40. The second-order valence-corrected chi connectivity index (χ2v) is 3.82. The van der Waals surface area contributed by atoms with Crippen molar-refractivity contribution in [3.8, 4) is 0 Å². The minimum absolute atomic E-state index is 0.177. The first-order chi connectivity index (χ1) is 9.69. The summed E-state index contributed by atoms with van der Waals surface area (Å²) in [6.07, 6.45) is 4.37. The van der Waals surface area contributed by atoms with Crippen molar-refractivity contribution in [2.75, 3.05) is 13.2 Å². The van der Waals surface area contributed by atoms with E-state index in [4.69, 9.17) is 5.53 Å². The van der Waals surface area contributed by atoms with E-state index >= 15 is 0 Å². The number of hydrogen-bond donors (Lipinski definition) is 0. The molecule has 0 N–H and O–H groups in total. The third kappa shape index (κ3) is 4.96. The Morgan fingerprint density at radius 2 is 2.05 bits per heavy atom. The number of hydrogen-bond acceptors (Lipinski definition) is 4. The summed E-state index contributed by atoms with van der Waals surface area (Å²) < 4.78 is 4.65. The molecule has 6 nitrogen and oxygen atoms in total. The number of carbonyl (C=O) groups excluding carboxylic acids is 2. The van der Waals surface area contributed by atoms with E-state index in [1.807, 2.05) is 12.2 Å². The standard InChI is InChI=1S/C14H15N3O3/c1-2-20-14(19)13(18)12-8-6-11(7-9-12)5-3-4-10-16-17-15/h3,5-9H,2,4,10H2,1H3. The first-order valence-electron chi connectivity index (χ1n) is 6.18. The van der Waals surface area contributed by atoms with Crippen LogP contribution in [0.15, 0.2) is 35.5 Å². The van der Waals surface area contributed by atoms with Crippen molar-refractivity contribution in [3.63, 3.8) is 0 Å². The number of esters is 1. The van der Waals surface area contributed by atoms with Gasteiger partial charge in [0.25, 0.3) is 5.78 Å². The zero-order chi connectivity index (χ0) is 14.8. The van der Waals surface area contributed by atoms with Gasteiger partial charge in [0.15, 0.2) is 0 Å². The van der Waals surface area contributed by atoms with Gasteiger partial charge >= 0.3 is 5.97 Å². The number of nitrogens with zero attached hydrogens (tertiary/aromatic N) is 3. The molecule has 0 aliphatic rings. The highest BCUT2D eigenvalue weighted by molar-refractivity contribution is 6.40. The van der Waals surface area contributed by atoms with Crippen molar-refractivity contribution in [1.29, 1.82) is 0 Å². The summed E-state index contributed by atoms with van der Waals surface area (Å²) >= 11 is 0. The van der Waals surface area contributed by atoms with Gasteiger partial charge in [0.2, 0.25) is 0 Å². The van der Waals surface area contributed by atoms with Crippen LogP contribution in [0, 0.1) is 0 Å². The molecule has 20 heavy (non-hydrogen) atoms. The molecule has 6 heteroatoms. The van der Waals surface area contributed by atoms with Gasteiger partial charge in [-0.1, -0.05) is 41.5 Å². The average molecular weight is 273 g/mol. The van der Waals surface area contributed by atoms with Gasteiger partial charge in [0.1, 0.15) is 0 Å². The highest BCUT2D eigenvalue weighted by atomic mass is 16.5. The van der Waals surface area contributed by atoms with E-state index in [0.717, 1.165) is 5.56 Å². The van der Waals surface area contributed by atoms with Gasteiger partial charge in [-0.05, 0) is 24.4 Å². The van der Waals surface area contributed by atoms with Crippen LogP contribution in [0.4, 0.5) is 0 Å². The van der Waals surface area contributed by atoms with Gasteiger partial charge in [0.05, 0.1) is 6.61 Å². The summed E-state index contributed by atoms with van der Waals surface area (Å²) in [4.78, 5) is 25.6. The number of benzene rings is 1. The first-order valence-corrected chi connectivity index (χ1v) is 6.18. The lowest BCUT2D eigenvalue weighted by atomic mass is 10.1. The van der Waals surface area contributed by atoms with Crippen molar-refractivity contribution in [1.82, 2.24) is 0 Å². The van der Waals surface area contributed by atoms with Crippen LogP contribution >= 0.6 is 0 Å². The molecule has 104 valence electrons. The quantitative estimate of drug-likeness (QED) is 0.145. The molecule has 0 amide bonds. The number of ketones is 1. The van der Waals surface area contributed by atoms with Gasteiger partial charge < -0.3 is 4.74 Å². The van der Waals surface area contributed by atoms with E-state index in [0.29, 0.717) is 18.5 Å². The Bertz CT molecular complexity index is 543. The van der Waals surface area contributed by atoms with Crippen LogP contribution in [-0.4, -0.2) is 24.9 Å². The molecule has 1 aromatic rings. The third-order valence-electron chi connectivity index (χ3n) is 2.40. The summed E-state index contributed by atoms with van der Waals surface area (Å²) in [7, 11) is 0. The van der Waals surface area contributed by atoms with Crippen molar-refractivity contribution in [3.05, 3.63) is 51.9 Å². The van der Waals surface area contributed by atoms with Crippen molar-refractivity contribution in [2.45, 2.75) is 13.3 Å².